The predicted octanol–water partition coefficient (Wildman–Crippen LogP) is 3.50. The van der Waals surface area contributed by atoms with Crippen molar-refractivity contribution in [2.24, 2.45) is 0 Å². The monoisotopic (exact) mass is 356 g/mol. The van der Waals surface area contributed by atoms with Crippen molar-refractivity contribution in [2.75, 3.05) is 18.5 Å². The van der Waals surface area contributed by atoms with E-state index in [-0.39, 0.29) is 36.3 Å². The fraction of sp³-hybridized carbons (Fsp3) is 0.235. The first-order valence-electron chi connectivity index (χ1n) is 7.37. The van der Waals surface area contributed by atoms with Gasteiger partial charge in [-0.2, -0.15) is 13.2 Å². The minimum Gasteiger partial charge on any atom is -0.482 e. The summed E-state index contributed by atoms with van der Waals surface area (Å²) in [5.41, 5.74) is 1.01. The van der Waals surface area contributed by atoms with Gasteiger partial charge in [0.15, 0.2) is 6.61 Å². The molecule has 2 N–H and O–H groups in total. The van der Waals surface area contributed by atoms with Crippen LogP contribution in [-0.2, 0) is 11.3 Å². The third kappa shape index (κ3) is 6.70. The summed E-state index contributed by atoms with van der Waals surface area (Å²) < 4.78 is 54.2. The molecule has 0 aliphatic rings. The molecule has 2 aromatic rings. The van der Waals surface area contributed by atoms with E-state index in [1.807, 2.05) is 0 Å². The van der Waals surface area contributed by atoms with E-state index in [9.17, 15) is 22.4 Å². The van der Waals surface area contributed by atoms with Crippen LogP contribution in [0, 0.1) is 5.82 Å². The zero-order valence-corrected chi connectivity index (χ0v) is 13.1. The topological polar surface area (TPSA) is 50.4 Å². The maximum atomic E-state index is 12.8. The number of rotatable bonds is 7. The second-order valence-corrected chi connectivity index (χ2v) is 5.16. The summed E-state index contributed by atoms with van der Waals surface area (Å²) in [4.78, 5) is 11.8. The summed E-state index contributed by atoms with van der Waals surface area (Å²) in [7, 11) is 0. The SMILES string of the molecule is O=C(CNc1ccccc1OCC(F)(F)F)NCc1ccc(F)cc1. The molecule has 0 aromatic heterocycles. The van der Waals surface area contributed by atoms with Crippen molar-refractivity contribution in [1.82, 2.24) is 5.32 Å². The smallest absolute Gasteiger partial charge is 0.422 e. The second kappa shape index (κ2) is 8.36. The van der Waals surface area contributed by atoms with E-state index in [0.29, 0.717) is 0 Å². The average Bonchev–Trinajstić information content (AvgIpc) is 2.57. The van der Waals surface area contributed by atoms with Crippen molar-refractivity contribution in [3.8, 4) is 5.75 Å². The minimum atomic E-state index is -4.44. The summed E-state index contributed by atoms with van der Waals surface area (Å²) in [5.74, 6) is -0.728. The van der Waals surface area contributed by atoms with Gasteiger partial charge < -0.3 is 15.4 Å². The molecule has 0 aliphatic heterocycles. The number of ether oxygens (including phenoxy) is 1. The van der Waals surface area contributed by atoms with E-state index in [4.69, 9.17) is 4.74 Å². The Balaban J connectivity index is 1.84. The lowest BCUT2D eigenvalue weighted by atomic mass is 10.2. The molecule has 0 radical (unpaired) electrons. The maximum absolute atomic E-state index is 12.8. The molecule has 2 rings (SSSR count). The van der Waals surface area contributed by atoms with Gasteiger partial charge in [0.2, 0.25) is 5.91 Å². The molecule has 0 saturated heterocycles. The van der Waals surface area contributed by atoms with E-state index in [1.165, 1.54) is 30.3 Å². The fourth-order valence-corrected chi connectivity index (χ4v) is 1.94. The molecule has 134 valence electrons. The van der Waals surface area contributed by atoms with Crippen LogP contribution in [0.5, 0.6) is 5.75 Å². The summed E-state index contributed by atoms with van der Waals surface area (Å²) in [6.07, 6.45) is -4.44. The zero-order valence-electron chi connectivity index (χ0n) is 13.1. The van der Waals surface area contributed by atoms with E-state index >= 15 is 0 Å². The lowest BCUT2D eigenvalue weighted by Gasteiger charge is -2.14. The Morgan fingerprint density at radius 3 is 2.40 bits per heavy atom. The molecule has 4 nitrogen and oxygen atoms in total. The largest absolute Gasteiger partial charge is 0.482 e. The molecule has 0 fully saturated rings. The van der Waals surface area contributed by atoms with E-state index in [2.05, 4.69) is 10.6 Å². The van der Waals surface area contributed by atoms with Crippen LogP contribution in [0.15, 0.2) is 48.5 Å². The van der Waals surface area contributed by atoms with Gasteiger partial charge >= 0.3 is 6.18 Å². The zero-order chi connectivity index (χ0) is 18.3. The first kappa shape index (κ1) is 18.6. The number of halogens is 4. The lowest BCUT2D eigenvalue weighted by Crippen LogP contribution is -2.29. The van der Waals surface area contributed by atoms with Gasteiger partial charge in [-0.05, 0) is 29.8 Å². The van der Waals surface area contributed by atoms with Gasteiger partial charge in [0.25, 0.3) is 0 Å². The molecular formula is C17H16F4N2O2. The molecule has 2 aromatic carbocycles. The standard InChI is InChI=1S/C17H16F4N2O2/c18-13-7-5-12(6-8-13)9-23-16(24)10-22-14-3-1-2-4-15(14)25-11-17(19,20)21/h1-8,22H,9-11H2,(H,23,24). The van der Waals surface area contributed by atoms with E-state index < -0.39 is 12.8 Å². The quantitative estimate of drug-likeness (QED) is 0.747. The molecule has 0 spiro atoms. The van der Waals surface area contributed by atoms with Crippen molar-refractivity contribution in [1.29, 1.82) is 0 Å². The van der Waals surface area contributed by atoms with Crippen LogP contribution < -0.4 is 15.4 Å². The summed E-state index contributed by atoms with van der Waals surface area (Å²) in [5, 5.41) is 5.35. The molecule has 0 aliphatic carbocycles. The predicted molar refractivity (Wildman–Crippen MR) is 84.7 cm³/mol. The third-order valence-corrected chi connectivity index (χ3v) is 3.12. The van der Waals surface area contributed by atoms with Crippen LogP contribution >= 0.6 is 0 Å². The van der Waals surface area contributed by atoms with Crippen LogP contribution in [0.25, 0.3) is 0 Å². The Bertz CT molecular complexity index is 703. The Morgan fingerprint density at radius 2 is 1.72 bits per heavy atom. The number of nitrogens with one attached hydrogen (secondary N) is 2. The highest BCUT2D eigenvalue weighted by molar-refractivity contribution is 5.81. The van der Waals surface area contributed by atoms with Crippen molar-refractivity contribution < 1.29 is 27.1 Å². The first-order valence-corrected chi connectivity index (χ1v) is 7.37. The summed E-state index contributed by atoms with van der Waals surface area (Å²) >= 11 is 0. The van der Waals surface area contributed by atoms with E-state index in [0.717, 1.165) is 5.56 Å². The summed E-state index contributed by atoms with van der Waals surface area (Å²) in [6.45, 7) is -1.34. The normalized spacial score (nSPS) is 11.0. The van der Waals surface area contributed by atoms with Crippen molar-refractivity contribution in [3.05, 3.63) is 59.9 Å². The second-order valence-electron chi connectivity index (χ2n) is 5.16. The maximum Gasteiger partial charge on any atom is 0.422 e. The number of hydrogen-bond acceptors (Lipinski definition) is 3. The van der Waals surface area contributed by atoms with Crippen molar-refractivity contribution in [3.63, 3.8) is 0 Å². The van der Waals surface area contributed by atoms with Gasteiger partial charge in [0.05, 0.1) is 12.2 Å². The Kier molecular flexibility index (Phi) is 6.21. The lowest BCUT2D eigenvalue weighted by molar-refractivity contribution is -0.153. The molecule has 1 amide bonds. The number of para-hydroxylation sites is 2. The molecule has 0 atom stereocenters. The average molecular weight is 356 g/mol. The van der Waals surface area contributed by atoms with E-state index in [1.54, 1.807) is 18.2 Å². The Labute approximate surface area is 141 Å². The fourth-order valence-electron chi connectivity index (χ4n) is 1.94. The van der Waals surface area contributed by atoms with Gasteiger partial charge in [0, 0.05) is 6.54 Å². The van der Waals surface area contributed by atoms with Crippen molar-refractivity contribution >= 4 is 11.6 Å². The van der Waals surface area contributed by atoms with Crippen LogP contribution in [0.4, 0.5) is 23.2 Å². The molecular weight excluding hydrogens is 340 g/mol. The molecule has 25 heavy (non-hydrogen) atoms. The minimum absolute atomic E-state index is 0.00570. The molecule has 0 bridgehead atoms. The number of benzene rings is 2. The number of alkyl halides is 3. The summed E-state index contributed by atoms with van der Waals surface area (Å²) in [6, 6.07) is 11.7. The van der Waals surface area contributed by atoms with Gasteiger partial charge in [-0.25, -0.2) is 4.39 Å². The first-order chi connectivity index (χ1) is 11.8. The van der Waals surface area contributed by atoms with Crippen molar-refractivity contribution in [2.45, 2.75) is 12.7 Å². The molecule has 8 heteroatoms. The third-order valence-electron chi connectivity index (χ3n) is 3.12. The van der Waals surface area contributed by atoms with Crippen LogP contribution in [0.2, 0.25) is 0 Å². The molecule has 0 heterocycles. The highest BCUT2D eigenvalue weighted by Crippen LogP contribution is 2.26. The number of anilines is 1. The number of amides is 1. The van der Waals surface area contributed by atoms with Crippen LogP contribution in [0.3, 0.4) is 0 Å². The number of carbonyl (C=O) groups excluding carboxylic acids is 1. The highest BCUT2D eigenvalue weighted by Gasteiger charge is 2.28. The highest BCUT2D eigenvalue weighted by atomic mass is 19.4. The van der Waals surface area contributed by atoms with Gasteiger partial charge in [-0.15, -0.1) is 0 Å². The van der Waals surface area contributed by atoms with Crippen LogP contribution in [0.1, 0.15) is 5.56 Å². The molecule has 0 unspecified atom stereocenters. The van der Waals surface area contributed by atoms with Gasteiger partial charge in [-0.1, -0.05) is 24.3 Å². The van der Waals surface area contributed by atoms with Gasteiger partial charge in [0.1, 0.15) is 11.6 Å². The number of carbonyl (C=O) groups is 1. The molecule has 0 saturated carbocycles. The van der Waals surface area contributed by atoms with Gasteiger partial charge in [-0.3, -0.25) is 4.79 Å². The Morgan fingerprint density at radius 1 is 1.04 bits per heavy atom. The number of hydrogen-bond donors (Lipinski definition) is 2. The Hall–Kier alpha value is -2.77. The van der Waals surface area contributed by atoms with Crippen LogP contribution in [-0.4, -0.2) is 25.2 Å².